The first-order chi connectivity index (χ1) is 23.3. The number of anilines is 1. The molecule has 3 heterocycles. The zero-order valence-corrected chi connectivity index (χ0v) is 25.6. The number of rotatable bonds is 3. The predicted molar refractivity (Wildman–Crippen MR) is 194 cm³/mol. The van der Waals surface area contributed by atoms with E-state index in [0.717, 1.165) is 57.0 Å². The van der Waals surface area contributed by atoms with Crippen molar-refractivity contribution in [2.24, 2.45) is 0 Å². The number of fused-ring (bicyclic) bond motifs is 9. The van der Waals surface area contributed by atoms with Gasteiger partial charge in [0.05, 0.1) is 0 Å². The van der Waals surface area contributed by atoms with Crippen LogP contribution in [0, 0.1) is 0 Å². The first kappa shape index (κ1) is 26.2. The van der Waals surface area contributed by atoms with Crippen molar-refractivity contribution in [1.29, 1.82) is 0 Å². The summed E-state index contributed by atoms with van der Waals surface area (Å²) in [5.41, 5.74) is 14.8. The van der Waals surface area contributed by atoms with Gasteiger partial charge in [-0.2, -0.15) is 0 Å². The Morgan fingerprint density at radius 2 is 0.957 bits per heavy atom. The third kappa shape index (κ3) is 4.20. The van der Waals surface area contributed by atoms with Crippen molar-refractivity contribution in [2.75, 3.05) is 4.90 Å². The molecule has 222 valence electrons. The molecule has 0 fully saturated rings. The van der Waals surface area contributed by atoms with Crippen LogP contribution in [0.2, 0.25) is 0 Å². The summed E-state index contributed by atoms with van der Waals surface area (Å²) in [6.45, 7) is 1.66. The Kier molecular flexibility index (Phi) is 5.70. The summed E-state index contributed by atoms with van der Waals surface area (Å²) in [6, 6.07) is 54.3. The smallest absolute Gasteiger partial charge is 0.136 e. The fourth-order valence-electron chi connectivity index (χ4n) is 7.49. The maximum atomic E-state index is 6.27. The SMILES string of the molecule is c1ccc(N2Cc3ccc(-c4ccc5oc6ccccc6c5c4)cc3-c3cc(-c4cccc5oc6ccccc6c45)ccc3C2)cc1. The van der Waals surface area contributed by atoms with E-state index in [9.17, 15) is 0 Å². The van der Waals surface area contributed by atoms with Crippen molar-refractivity contribution in [3.63, 3.8) is 0 Å². The first-order valence-corrected chi connectivity index (χ1v) is 16.2. The summed E-state index contributed by atoms with van der Waals surface area (Å²) in [6.07, 6.45) is 0. The lowest BCUT2D eigenvalue weighted by Gasteiger charge is -2.24. The molecule has 0 unspecified atom stereocenters. The van der Waals surface area contributed by atoms with Gasteiger partial charge in [0.1, 0.15) is 22.3 Å². The van der Waals surface area contributed by atoms with Crippen molar-refractivity contribution in [3.8, 4) is 33.4 Å². The summed E-state index contributed by atoms with van der Waals surface area (Å²) in [5, 5.41) is 4.60. The molecule has 0 aliphatic carbocycles. The summed E-state index contributed by atoms with van der Waals surface area (Å²) >= 11 is 0. The van der Waals surface area contributed by atoms with Gasteiger partial charge in [-0.25, -0.2) is 0 Å². The van der Waals surface area contributed by atoms with Crippen LogP contribution in [0.15, 0.2) is 160 Å². The van der Waals surface area contributed by atoms with Gasteiger partial charge in [-0.05, 0) is 99.1 Å². The number of hydrogen-bond donors (Lipinski definition) is 0. The number of furan rings is 2. The van der Waals surface area contributed by atoms with Crippen molar-refractivity contribution in [1.82, 2.24) is 0 Å². The van der Waals surface area contributed by atoms with Gasteiger partial charge in [0, 0.05) is 40.3 Å². The second kappa shape index (κ2) is 10.2. The van der Waals surface area contributed by atoms with E-state index in [4.69, 9.17) is 8.83 Å². The molecule has 3 nitrogen and oxygen atoms in total. The standard InChI is InChI=1S/C44H29NO2/c1-2-9-33(10-3-1)45-26-31-19-17-28(29-21-22-42-39(24-29)35-11-4-6-14-40(35)46-42)23-37(31)38-25-30(18-20-32(38)27-45)34-13-8-16-43-44(34)36-12-5-7-15-41(36)47-43/h1-25H,26-27H2. The minimum atomic E-state index is 0.829. The van der Waals surface area contributed by atoms with E-state index in [2.05, 4.69) is 138 Å². The molecule has 3 heteroatoms. The number of para-hydroxylation sites is 3. The molecule has 0 amide bonds. The van der Waals surface area contributed by atoms with Crippen LogP contribution >= 0.6 is 0 Å². The monoisotopic (exact) mass is 603 g/mol. The van der Waals surface area contributed by atoms with Gasteiger partial charge < -0.3 is 13.7 Å². The highest BCUT2D eigenvalue weighted by Gasteiger charge is 2.22. The van der Waals surface area contributed by atoms with Crippen molar-refractivity contribution < 1.29 is 8.83 Å². The molecule has 0 spiro atoms. The van der Waals surface area contributed by atoms with Gasteiger partial charge in [-0.3, -0.25) is 0 Å². The highest BCUT2D eigenvalue weighted by Crippen LogP contribution is 2.42. The highest BCUT2D eigenvalue weighted by molar-refractivity contribution is 6.12. The van der Waals surface area contributed by atoms with Crippen molar-refractivity contribution >= 4 is 49.6 Å². The highest BCUT2D eigenvalue weighted by atomic mass is 16.3. The largest absolute Gasteiger partial charge is 0.456 e. The third-order valence-corrected chi connectivity index (χ3v) is 9.78. The van der Waals surface area contributed by atoms with Gasteiger partial charge in [-0.1, -0.05) is 97.1 Å². The van der Waals surface area contributed by atoms with Crippen LogP contribution < -0.4 is 4.90 Å². The normalized spacial score (nSPS) is 12.9. The quantitative estimate of drug-likeness (QED) is 0.201. The summed E-state index contributed by atoms with van der Waals surface area (Å²) in [4.78, 5) is 2.48. The molecule has 7 aromatic carbocycles. The second-order valence-electron chi connectivity index (χ2n) is 12.5. The van der Waals surface area contributed by atoms with E-state index >= 15 is 0 Å². The average Bonchev–Trinajstić information content (AvgIpc) is 3.65. The maximum Gasteiger partial charge on any atom is 0.136 e. The minimum absolute atomic E-state index is 0.829. The van der Waals surface area contributed by atoms with Gasteiger partial charge in [0.2, 0.25) is 0 Å². The Balaban J connectivity index is 1.17. The molecule has 10 rings (SSSR count). The van der Waals surface area contributed by atoms with Crippen LogP contribution in [0.3, 0.4) is 0 Å². The number of nitrogens with zero attached hydrogens (tertiary/aromatic N) is 1. The predicted octanol–water partition coefficient (Wildman–Crippen LogP) is 12.0. The molecule has 1 aliphatic heterocycles. The van der Waals surface area contributed by atoms with Crippen LogP contribution in [0.4, 0.5) is 5.69 Å². The van der Waals surface area contributed by atoms with E-state index in [1.165, 1.54) is 50.2 Å². The molecule has 1 aliphatic rings. The van der Waals surface area contributed by atoms with Gasteiger partial charge >= 0.3 is 0 Å². The van der Waals surface area contributed by atoms with E-state index in [1.54, 1.807) is 0 Å². The second-order valence-corrected chi connectivity index (χ2v) is 12.5. The molecule has 0 bridgehead atoms. The minimum Gasteiger partial charge on any atom is -0.456 e. The molecule has 0 saturated carbocycles. The molecule has 0 N–H and O–H groups in total. The lowest BCUT2D eigenvalue weighted by molar-refractivity contribution is 0.668. The maximum absolute atomic E-state index is 6.27. The molecule has 0 radical (unpaired) electrons. The average molecular weight is 604 g/mol. The van der Waals surface area contributed by atoms with Crippen LogP contribution in [-0.4, -0.2) is 0 Å². The first-order valence-electron chi connectivity index (χ1n) is 16.2. The number of benzene rings is 7. The fraction of sp³-hybridized carbons (Fsp3) is 0.0455. The molecular weight excluding hydrogens is 574 g/mol. The molecule has 0 atom stereocenters. The third-order valence-electron chi connectivity index (χ3n) is 9.78. The Morgan fingerprint density at radius 1 is 0.383 bits per heavy atom. The Morgan fingerprint density at radius 3 is 1.77 bits per heavy atom. The lowest BCUT2D eigenvalue weighted by atomic mass is 9.89. The van der Waals surface area contributed by atoms with E-state index < -0.39 is 0 Å². The van der Waals surface area contributed by atoms with Gasteiger partial charge in [-0.15, -0.1) is 0 Å². The topological polar surface area (TPSA) is 29.5 Å². The molecule has 47 heavy (non-hydrogen) atoms. The van der Waals surface area contributed by atoms with Gasteiger partial charge in [0.15, 0.2) is 0 Å². The van der Waals surface area contributed by atoms with Crippen molar-refractivity contribution in [3.05, 3.63) is 163 Å². The van der Waals surface area contributed by atoms with E-state index in [0.29, 0.717) is 0 Å². The molecular formula is C44H29NO2. The summed E-state index contributed by atoms with van der Waals surface area (Å²) in [7, 11) is 0. The van der Waals surface area contributed by atoms with E-state index in [1.807, 2.05) is 18.2 Å². The molecule has 2 aromatic heterocycles. The Labute approximate surface area is 271 Å². The molecule has 0 saturated heterocycles. The Bertz CT molecular complexity index is 2640. The molecule has 9 aromatic rings. The summed E-state index contributed by atoms with van der Waals surface area (Å²) in [5.74, 6) is 0. The Hall–Kier alpha value is -6.06. The number of hydrogen-bond acceptors (Lipinski definition) is 3. The van der Waals surface area contributed by atoms with Crippen LogP contribution in [0.1, 0.15) is 11.1 Å². The summed E-state index contributed by atoms with van der Waals surface area (Å²) < 4.78 is 12.4. The fourth-order valence-corrected chi connectivity index (χ4v) is 7.49. The van der Waals surface area contributed by atoms with Crippen LogP contribution in [0.5, 0.6) is 0 Å². The zero-order chi connectivity index (χ0) is 30.9. The zero-order valence-electron chi connectivity index (χ0n) is 25.6. The van der Waals surface area contributed by atoms with E-state index in [-0.39, 0.29) is 0 Å². The lowest BCUT2D eigenvalue weighted by Crippen LogP contribution is -2.20. The van der Waals surface area contributed by atoms with Crippen LogP contribution in [0.25, 0.3) is 77.3 Å². The van der Waals surface area contributed by atoms with Crippen LogP contribution in [-0.2, 0) is 13.1 Å². The van der Waals surface area contributed by atoms with Gasteiger partial charge in [0.25, 0.3) is 0 Å². The van der Waals surface area contributed by atoms with Crippen molar-refractivity contribution in [2.45, 2.75) is 13.1 Å².